The fraction of sp³-hybridized carbons (Fsp3) is 0.455. The van der Waals surface area contributed by atoms with Crippen LogP contribution in [-0.4, -0.2) is 60.9 Å². The highest BCUT2D eigenvalue weighted by molar-refractivity contribution is 7.88. The van der Waals surface area contributed by atoms with Gasteiger partial charge in [0.1, 0.15) is 5.69 Å². The number of nitrogens with one attached hydrogen (secondary N) is 1. The van der Waals surface area contributed by atoms with Crippen LogP contribution in [0.1, 0.15) is 10.5 Å². The van der Waals surface area contributed by atoms with Gasteiger partial charge in [0.15, 0.2) is 0 Å². The highest BCUT2D eigenvalue weighted by Gasteiger charge is 2.26. The Bertz CT molecular complexity index is 579. The molecule has 1 aromatic heterocycles. The molecule has 0 spiro atoms. The van der Waals surface area contributed by atoms with Gasteiger partial charge in [-0.25, -0.2) is 13.4 Å². The first-order valence-electron chi connectivity index (χ1n) is 6.09. The number of hydrogen-bond acceptors (Lipinski definition) is 6. The van der Waals surface area contributed by atoms with Gasteiger partial charge in [-0.1, -0.05) is 0 Å². The van der Waals surface area contributed by atoms with Gasteiger partial charge in [0, 0.05) is 26.2 Å². The zero-order valence-corrected chi connectivity index (χ0v) is 11.9. The van der Waals surface area contributed by atoms with E-state index in [9.17, 15) is 13.2 Å². The van der Waals surface area contributed by atoms with Crippen molar-refractivity contribution in [2.45, 2.75) is 0 Å². The first kappa shape index (κ1) is 14.7. The maximum Gasteiger partial charge on any atom is 0.272 e. The van der Waals surface area contributed by atoms with Crippen LogP contribution in [0, 0.1) is 0 Å². The summed E-state index contributed by atoms with van der Waals surface area (Å²) < 4.78 is 24.2. The van der Waals surface area contributed by atoms with Crippen LogP contribution >= 0.6 is 0 Å². The number of nitrogens with two attached hydrogens (primary N) is 1. The number of hydrazine groups is 1. The number of piperazine rings is 1. The normalized spacial score (nSPS) is 17.0. The van der Waals surface area contributed by atoms with E-state index in [1.54, 1.807) is 17.0 Å². The number of rotatable bonds is 3. The molecule has 1 aliphatic rings. The molecule has 0 aromatic carbocycles. The number of nitrogens with zero attached hydrogens (tertiary/aromatic N) is 3. The molecule has 110 valence electrons. The maximum atomic E-state index is 12.2. The van der Waals surface area contributed by atoms with Crippen LogP contribution in [0.2, 0.25) is 0 Å². The van der Waals surface area contributed by atoms with Crippen LogP contribution in [0.25, 0.3) is 0 Å². The zero-order valence-electron chi connectivity index (χ0n) is 11.1. The molecule has 1 aromatic rings. The predicted octanol–water partition coefficient (Wildman–Crippen LogP) is -0.915. The fourth-order valence-corrected chi connectivity index (χ4v) is 2.82. The highest BCUT2D eigenvalue weighted by Crippen LogP contribution is 2.11. The van der Waals surface area contributed by atoms with Crippen molar-refractivity contribution in [1.82, 2.24) is 14.2 Å². The van der Waals surface area contributed by atoms with Crippen LogP contribution in [0.5, 0.6) is 0 Å². The number of aromatic nitrogens is 1. The van der Waals surface area contributed by atoms with Gasteiger partial charge in [0.25, 0.3) is 5.91 Å². The monoisotopic (exact) mass is 299 g/mol. The Labute approximate surface area is 117 Å². The van der Waals surface area contributed by atoms with Gasteiger partial charge < -0.3 is 10.3 Å². The van der Waals surface area contributed by atoms with E-state index < -0.39 is 10.0 Å². The summed E-state index contributed by atoms with van der Waals surface area (Å²) in [5.74, 6) is 5.02. The van der Waals surface area contributed by atoms with Crippen LogP contribution < -0.4 is 11.3 Å². The van der Waals surface area contributed by atoms with Crippen LogP contribution in [0.3, 0.4) is 0 Å². The number of carbonyl (C=O) groups excluding carboxylic acids is 1. The van der Waals surface area contributed by atoms with Crippen molar-refractivity contribution in [2.75, 3.05) is 37.9 Å². The van der Waals surface area contributed by atoms with E-state index in [4.69, 9.17) is 5.84 Å². The van der Waals surface area contributed by atoms with Crippen molar-refractivity contribution in [3.63, 3.8) is 0 Å². The van der Waals surface area contributed by atoms with Crippen LogP contribution in [-0.2, 0) is 10.0 Å². The Morgan fingerprint density at radius 2 is 1.95 bits per heavy atom. The Morgan fingerprint density at radius 1 is 1.30 bits per heavy atom. The molecular formula is C11H17N5O3S. The lowest BCUT2D eigenvalue weighted by atomic mass is 10.2. The number of pyridine rings is 1. The van der Waals surface area contributed by atoms with Crippen molar-refractivity contribution < 1.29 is 13.2 Å². The third kappa shape index (κ3) is 3.24. The average Bonchev–Trinajstić information content (AvgIpc) is 2.46. The number of anilines is 1. The van der Waals surface area contributed by atoms with E-state index in [0.717, 1.165) is 0 Å². The number of nitrogen functional groups attached to an aromatic ring is 1. The lowest BCUT2D eigenvalue weighted by Crippen LogP contribution is -2.50. The number of amides is 1. The number of hydrogen-bond donors (Lipinski definition) is 2. The third-order valence-corrected chi connectivity index (χ3v) is 4.45. The molecule has 20 heavy (non-hydrogen) atoms. The molecule has 1 aliphatic heterocycles. The number of carbonyl (C=O) groups is 1. The molecule has 9 heteroatoms. The van der Waals surface area contributed by atoms with Gasteiger partial charge in [-0.05, 0) is 12.1 Å². The van der Waals surface area contributed by atoms with Gasteiger partial charge in [-0.3, -0.25) is 10.6 Å². The molecule has 0 bridgehead atoms. The average molecular weight is 299 g/mol. The molecular weight excluding hydrogens is 282 g/mol. The highest BCUT2D eigenvalue weighted by atomic mass is 32.2. The van der Waals surface area contributed by atoms with Crippen molar-refractivity contribution >= 4 is 21.6 Å². The van der Waals surface area contributed by atoms with Crippen molar-refractivity contribution in [3.05, 3.63) is 24.0 Å². The summed E-state index contributed by atoms with van der Waals surface area (Å²) in [6.07, 6.45) is 2.64. The molecule has 1 fully saturated rings. The number of sulfonamides is 1. The van der Waals surface area contributed by atoms with E-state index in [1.165, 1.54) is 16.8 Å². The molecule has 2 heterocycles. The minimum absolute atomic E-state index is 0.207. The lowest BCUT2D eigenvalue weighted by molar-refractivity contribution is 0.0692. The maximum absolute atomic E-state index is 12.2. The van der Waals surface area contributed by atoms with Gasteiger partial charge in [0.05, 0.1) is 18.1 Å². The largest absolute Gasteiger partial charge is 0.335 e. The van der Waals surface area contributed by atoms with Crippen LogP contribution in [0.4, 0.5) is 5.69 Å². The minimum Gasteiger partial charge on any atom is -0.335 e. The standard InChI is InChI=1S/C11H17N5O3S/c1-20(18,19)16-6-4-15(5-7-16)11(17)10-3-2-9(14-12)8-13-10/h2-3,8,14H,4-7,12H2,1H3. The second-order valence-electron chi connectivity index (χ2n) is 4.53. The first-order chi connectivity index (χ1) is 9.41. The quantitative estimate of drug-likeness (QED) is 0.552. The molecule has 8 nitrogen and oxygen atoms in total. The predicted molar refractivity (Wildman–Crippen MR) is 74.4 cm³/mol. The Kier molecular flexibility index (Phi) is 4.21. The molecule has 0 atom stereocenters. The molecule has 1 saturated heterocycles. The summed E-state index contributed by atoms with van der Waals surface area (Å²) in [6.45, 7) is 1.36. The SMILES string of the molecule is CS(=O)(=O)N1CCN(C(=O)c2ccc(NN)cn2)CC1. The summed E-state index contributed by atoms with van der Waals surface area (Å²) in [6, 6.07) is 3.24. The van der Waals surface area contributed by atoms with Crippen molar-refractivity contribution in [3.8, 4) is 0 Å². The lowest BCUT2D eigenvalue weighted by Gasteiger charge is -2.33. The summed E-state index contributed by atoms with van der Waals surface area (Å²) >= 11 is 0. The van der Waals surface area contributed by atoms with E-state index in [-0.39, 0.29) is 5.91 Å². The Morgan fingerprint density at radius 3 is 2.40 bits per heavy atom. The molecule has 0 radical (unpaired) electrons. The van der Waals surface area contributed by atoms with Crippen molar-refractivity contribution in [2.24, 2.45) is 5.84 Å². The molecule has 2 rings (SSSR count). The molecule has 0 unspecified atom stereocenters. The topological polar surface area (TPSA) is 109 Å². The Hall–Kier alpha value is -1.71. The van der Waals surface area contributed by atoms with Gasteiger partial charge in [-0.2, -0.15) is 4.31 Å². The van der Waals surface area contributed by atoms with E-state index in [2.05, 4.69) is 10.4 Å². The smallest absolute Gasteiger partial charge is 0.272 e. The van der Waals surface area contributed by atoms with E-state index in [0.29, 0.717) is 37.6 Å². The third-order valence-electron chi connectivity index (χ3n) is 3.14. The summed E-state index contributed by atoms with van der Waals surface area (Å²) in [5, 5.41) is 0. The molecule has 0 aliphatic carbocycles. The molecule has 3 N–H and O–H groups in total. The summed E-state index contributed by atoms with van der Waals surface area (Å²) in [4.78, 5) is 17.8. The van der Waals surface area contributed by atoms with Gasteiger partial charge in [-0.15, -0.1) is 0 Å². The summed E-state index contributed by atoms with van der Waals surface area (Å²) in [7, 11) is -3.19. The zero-order chi connectivity index (χ0) is 14.8. The molecule has 1 amide bonds. The summed E-state index contributed by atoms with van der Waals surface area (Å²) in [5.41, 5.74) is 3.37. The Balaban J connectivity index is 2.01. The van der Waals surface area contributed by atoms with Gasteiger partial charge in [0.2, 0.25) is 10.0 Å². The first-order valence-corrected chi connectivity index (χ1v) is 7.93. The van der Waals surface area contributed by atoms with Gasteiger partial charge >= 0.3 is 0 Å². The molecule has 0 saturated carbocycles. The second-order valence-corrected chi connectivity index (χ2v) is 6.51. The van der Waals surface area contributed by atoms with E-state index in [1.807, 2.05) is 0 Å². The fourth-order valence-electron chi connectivity index (χ4n) is 1.99. The van der Waals surface area contributed by atoms with E-state index >= 15 is 0 Å². The van der Waals surface area contributed by atoms with Crippen LogP contribution in [0.15, 0.2) is 18.3 Å². The second kappa shape index (κ2) is 5.73. The van der Waals surface area contributed by atoms with Crippen molar-refractivity contribution in [1.29, 1.82) is 0 Å². The minimum atomic E-state index is -3.19.